The summed E-state index contributed by atoms with van der Waals surface area (Å²) in [5.41, 5.74) is 1.90. The number of hydrogen-bond donors (Lipinski definition) is 2. The lowest BCUT2D eigenvalue weighted by atomic mass is 10.2. The molecule has 3 aromatic rings. The lowest BCUT2D eigenvalue weighted by Gasteiger charge is -2.10. The molecule has 120 valence electrons. The molecule has 5 nitrogen and oxygen atoms in total. The van der Waals surface area contributed by atoms with Crippen LogP contribution in [0.5, 0.6) is 0 Å². The van der Waals surface area contributed by atoms with Gasteiger partial charge >= 0.3 is 0 Å². The highest BCUT2D eigenvalue weighted by Crippen LogP contribution is 2.22. The molecule has 2 N–H and O–H groups in total. The molecule has 0 aliphatic carbocycles. The Bertz CT molecular complexity index is 953. The lowest BCUT2D eigenvalue weighted by Crippen LogP contribution is -2.24. The maximum absolute atomic E-state index is 13.5. The number of halogens is 2. The van der Waals surface area contributed by atoms with Crippen molar-refractivity contribution in [3.05, 3.63) is 57.2 Å². The molecule has 0 radical (unpaired) electrons. The smallest absolute Gasteiger partial charge is 0.241 e. The van der Waals surface area contributed by atoms with Crippen LogP contribution in [0.15, 0.2) is 41.4 Å². The van der Waals surface area contributed by atoms with E-state index in [0.717, 1.165) is 11.5 Å². The van der Waals surface area contributed by atoms with E-state index >= 15 is 0 Å². The number of benzene rings is 1. The fourth-order valence-electron chi connectivity index (χ4n) is 2.26. The third-order valence-corrected chi connectivity index (χ3v) is 6.10. The fraction of sp³-hybridized carbons (Fsp3) is 0.133. The molecule has 0 fully saturated rings. The van der Waals surface area contributed by atoms with Gasteiger partial charge in [-0.05, 0) is 65.4 Å². The van der Waals surface area contributed by atoms with Crippen LogP contribution in [0.1, 0.15) is 11.3 Å². The number of pyridine rings is 1. The molecule has 3 rings (SSSR count). The Hall–Kier alpha value is -1.52. The normalized spacial score (nSPS) is 12.0. The second-order valence-corrected chi connectivity index (χ2v) is 7.97. The molecule has 23 heavy (non-hydrogen) atoms. The minimum Gasteiger partial charge on any atom is -0.342 e. The summed E-state index contributed by atoms with van der Waals surface area (Å²) in [5, 5.41) is 0.901. The van der Waals surface area contributed by atoms with Crippen molar-refractivity contribution in [3.8, 4) is 0 Å². The minimum atomic E-state index is -3.81. The molecule has 2 heterocycles. The Morgan fingerprint density at radius 2 is 2.13 bits per heavy atom. The van der Waals surface area contributed by atoms with Crippen molar-refractivity contribution < 1.29 is 12.8 Å². The molecule has 0 unspecified atom stereocenters. The molecule has 8 heteroatoms. The highest BCUT2D eigenvalue weighted by Gasteiger charge is 2.19. The summed E-state index contributed by atoms with van der Waals surface area (Å²) >= 11 is 1.92. The van der Waals surface area contributed by atoms with Gasteiger partial charge in [0.1, 0.15) is 11.5 Å². The number of aromatic amines is 1. The van der Waals surface area contributed by atoms with Crippen molar-refractivity contribution in [2.45, 2.75) is 18.4 Å². The van der Waals surface area contributed by atoms with Crippen LogP contribution >= 0.6 is 22.6 Å². The van der Waals surface area contributed by atoms with Gasteiger partial charge in [-0.2, -0.15) is 0 Å². The van der Waals surface area contributed by atoms with Crippen LogP contribution in [0.2, 0.25) is 0 Å². The largest absolute Gasteiger partial charge is 0.342 e. The molecule has 0 amide bonds. The van der Waals surface area contributed by atoms with E-state index in [1.165, 1.54) is 6.07 Å². The molecule has 0 saturated heterocycles. The molecule has 0 aliphatic heterocycles. The van der Waals surface area contributed by atoms with Gasteiger partial charge in [-0.1, -0.05) is 0 Å². The number of hydrogen-bond acceptors (Lipinski definition) is 3. The second kappa shape index (κ2) is 6.17. The Morgan fingerprint density at radius 3 is 2.87 bits per heavy atom. The van der Waals surface area contributed by atoms with Gasteiger partial charge in [0.2, 0.25) is 10.0 Å². The Kier molecular flexibility index (Phi) is 4.39. The van der Waals surface area contributed by atoms with Crippen LogP contribution in [0.25, 0.3) is 11.0 Å². The number of fused-ring (bicyclic) bond motifs is 1. The third kappa shape index (κ3) is 3.38. The van der Waals surface area contributed by atoms with Gasteiger partial charge in [0.05, 0.1) is 11.4 Å². The number of sulfonamides is 1. The van der Waals surface area contributed by atoms with Crippen LogP contribution in [0.3, 0.4) is 0 Å². The first-order chi connectivity index (χ1) is 10.9. The average molecular weight is 445 g/mol. The molecule has 1 aromatic carbocycles. The molecule has 0 bridgehead atoms. The summed E-state index contributed by atoms with van der Waals surface area (Å²) in [5.74, 6) is -0.574. The van der Waals surface area contributed by atoms with Crippen LogP contribution in [0, 0.1) is 16.3 Å². The quantitative estimate of drug-likeness (QED) is 0.607. The van der Waals surface area contributed by atoms with E-state index in [2.05, 4.69) is 14.7 Å². The molecular formula is C15H13FIN3O2S. The number of H-pyrrole nitrogens is 1. The second-order valence-electron chi connectivity index (χ2n) is 5.07. The van der Waals surface area contributed by atoms with Gasteiger partial charge in [-0.25, -0.2) is 22.5 Å². The van der Waals surface area contributed by atoms with Crippen molar-refractivity contribution in [3.63, 3.8) is 0 Å². The topological polar surface area (TPSA) is 74.8 Å². The van der Waals surface area contributed by atoms with E-state index < -0.39 is 15.8 Å². The van der Waals surface area contributed by atoms with E-state index in [1.807, 2.05) is 40.8 Å². The van der Waals surface area contributed by atoms with E-state index in [9.17, 15) is 12.8 Å². The van der Waals surface area contributed by atoms with Crippen LogP contribution in [-0.4, -0.2) is 18.4 Å². The van der Waals surface area contributed by atoms with Crippen LogP contribution < -0.4 is 4.72 Å². The third-order valence-electron chi connectivity index (χ3n) is 3.45. The van der Waals surface area contributed by atoms with E-state index in [-0.39, 0.29) is 11.4 Å². The van der Waals surface area contributed by atoms with Crippen LogP contribution in [0.4, 0.5) is 4.39 Å². The fourth-order valence-corrected chi connectivity index (χ4v) is 4.31. The van der Waals surface area contributed by atoms with Gasteiger partial charge in [-0.3, -0.25) is 0 Å². The first-order valence-corrected chi connectivity index (χ1v) is 9.31. The van der Waals surface area contributed by atoms with E-state index in [1.54, 1.807) is 13.1 Å². The first-order valence-electron chi connectivity index (χ1n) is 6.75. The zero-order valence-corrected chi connectivity index (χ0v) is 15.1. The predicted molar refractivity (Wildman–Crippen MR) is 94.0 cm³/mol. The lowest BCUT2D eigenvalue weighted by molar-refractivity contribution is 0.575. The van der Waals surface area contributed by atoms with Gasteiger partial charge in [0, 0.05) is 20.8 Å². The van der Waals surface area contributed by atoms with Crippen molar-refractivity contribution >= 4 is 43.6 Å². The summed E-state index contributed by atoms with van der Waals surface area (Å²) < 4.78 is 41.5. The SMILES string of the molecule is Cc1c(I)cc(F)cc1S(=O)(=O)NCc1cc2cccnc2[nH]1. The maximum Gasteiger partial charge on any atom is 0.241 e. The molecular weight excluding hydrogens is 432 g/mol. The summed E-state index contributed by atoms with van der Waals surface area (Å²) in [6.45, 7) is 1.73. The van der Waals surface area contributed by atoms with Gasteiger partial charge in [0.25, 0.3) is 0 Å². The number of rotatable bonds is 4. The Balaban J connectivity index is 1.87. The first kappa shape index (κ1) is 16.3. The number of nitrogens with zero attached hydrogens (tertiary/aromatic N) is 1. The monoisotopic (exact) mass is 445 g/mol. The van der Waals surface area contributed by atoms with Crippen molar-refractivity contribution in [1.29, 1.82) is 0 Å². The molecule has 0 atom stereocenters. The zero-order valence-electron chi connectivity index (χ0n) is 12.1. The Morgan fingerprint density at radius 1 is 1.35 bits per heavy atom. The van der Waals surface area contributed by atoms with Crippen molar-refractivity contribution in [1.82, 2.24) is 14.7 Å². The zero-order chi connectivity index (χ0) is 16.6. The molecule has 0 spiro atoms. The Labute approximate surface area is 146 Å². The highest BCUT2D eigenvalue weighted by molar-refractivity contribution is 14.1. The molecule has 0 saturated carbocycles. The summed E-state index contributed by atoms with van der Waals surface area (Å²) in [6, 6.07) is 7.86. The number of nitrogens with one attached hydrogen (secondary N) is 2. The highest BCUT2D eigenvalue weighted by atomic mass is 127. The summed E-state index contributed by atoms with van der Waals surface area (Å²) in [7, 11) is -3.81. The summed E-state index contributed by atoms with van der Waals surface area (Å²) in [6.07, 6.45) is 1.66. The van der Waals surface area contributed by atoms with Gasteiger partial charge in [-0.15, -0.1) is 0 Å². The standard InChI is InChI=1S/C15H13FIN3O2S/c1-9-13(17)6-11(16)7-14(9)23(21,22)19-8-12-5-10-3-2-4-18-15(10)20-12/h2-7,19H,8H2,1H3,(H,18,20). The van der Waals surface area contributed by atoms with Crippen LogP contribution in [-0.2, 0) is 16.6 Å². The van der Waals surface area contributed by atoms with Crippen molar-refractivity contribution in [2.75, 3.05) is 0 Å². The average Bonchev–Trinajstić information content (AvgIpc) is 2.92. The number of aromatic nitrogens is 2. The summed E-state index contributed by atoms with van der Waals surface area (Å²) in [4.78, 5) is 7.16. The van der Waals surface area contributed by atoms with E-state index in [0.29, 0.717) is 20.5 Å². The molecule has 2 aromatic heterocycles. The predicted octanol–water partition coefficient (Wildman–Crippen LogP) is 3.09. The van der Waals surface area contributed by atoms with Gasteiger partial charge in [0.15, 0.2) is 0 Å². The van der Waals surface area contributed by atoms with E-state index in [4.69, 9.17) is 0 Å². The minimum absolute atomic E-state index is 0.0452. The van der Waals surface area contributed by atoms with Crippen molar-refractivity contribution in [2.24, 2.45) is 0 Å². The molecule has 0 aliphatic rings. The maximum atomic E-state index is 13.5. The van der Waals surface area contributed by atoms with Gasteiger partial charge < -0.3 is 4.98 Å².